The quantitative estimate of drug-likeness (QED) is 0.897. The van der Waals surface area contributed by atoms with Crippen LogP contribution < -0.4 is 5.73 Å². The molecule has 5 heteroatoms. The Kier molecular flexibility index (Phi) is 3.43. The molecule has 1 nitrogen and oxygen atoms in total. The third-order valence-corrected chi connectivity index (χ3v) is 3.41. The second-order valence-corrected chi connectivity index (χ2v) is 4.91. The SMILES string of the molecule is CC(F)(F)C(N)Cc1cc(Br)cs1. The van der Waals surface area contributed by atoms with Crippen LogP contribution in [0, 0.1) is 0 Å². The zero-order chi connectivity index (χ0) is 10.1. The summed E-state index contributed by atoms with van der Waals surface area (Å²) in [7, 11) is 0. The van der Waals surface area contributed by atoms with Gasteiger partial charge in [0, 0.05) is 28.1 Å². The Balaban J connectivity index is 2.60. The molecule has 1 atom stereocenters. The van der Waals surface area contributed by atoms with Crippen molar-refractivity contribution < 1.29 is 8.78 Å². The van der Waals surface area contributed by atoms with E-state index in [0.717, 1.165) is 16.3 Å². The van der Waals surface area contributed by atoms with E-state index in [1.165, 1.54) is 11.3 Å². The van der Waals surface area contributed by atoms with Crippen LogP contribution in [0.25, 0.3) is 0 Å². The van der Waals surface area contributed by atoms with Crippen LogP contribution in [-0.2, 0) is 6.42 Å². The van der Waals surface area contributed by atoms with Crippen molar-refractivity contribution in [3.8, 4) is 0 Å². The Hall–Kier alpha value is -0.0000000000000000833. The summed E-state index contributed by atoms with van der Waals surface area (Å²) in [6.45, 7) is 0.848. The van der Waals surface area contributed by atoms with Gasteiger partial charge in [0.1, 0.15) is 0 Å². The average molecular weight is 270 g/mol. The summed E-state index contributed by atoms with van der Waals surface area (Å²) >= 11 is 4.69. The molecule has 1 unspecified atom stereocenters. The lowest BCUT2D eigenvalue weighted by Crippen LogP contribution is -2.39. The summed E-state index contributed by atoms with van der Waals surface area (Å²) in [6, 6.07) is 0.717. The third kappa shape index (κ3) is 3.32. The fourth-order valence-electron chi connectivity index (χ4n) is 0.857. The number of alkyl halides is 2. The van der Waals surface area contributed by atoms with E-state index in [9.17, 15) is 8.78 Å². The number of nitrogens with two attached hydrogens (primary N) is 1. The molecular weight excluding hydrogens is 260 g/mol. The van der Waals surface area contributed by atoms with E-state index in [2.05, 4.69) is 15.9 Å². The second kappa shape index (κ2) is 4.02. The summed E-state index contributed by atoms with van der Waals surface area (Å²) in [5.74, 6) is -2.81. The molecule has 0 saturated heterocycles. The van der Waals surface area contributed by atoms with Crippen molar-refractivity contribution in [3.05, 3.63) is 20.8 Å². The van der Waals surface area contributed by atoms with Crippen molar-refractivity contribution in [2.45, 2.75) is 25.3 Å². The van der Waals surface area contributed by atoms with E-state index in [0.29, 0.717) is 0 Å². The van der Waals surface area contributed by atoms with Gasteiger partial charge in [0.25, 0.3) is 5.92 Å². The van der Waals surface area contributed by atoms with Gasteiger partial charge in [-0.05, 0) is 22.0 Å². The Labute approximate surface area is 88.1 Å². The number of hydrogen-bond donors (Lipinski definition) is 1. The van der Waals surface area contributed by atoms with Gasteiger partial charge >= 0.3 is 0 Å². The summed E-state index contributed by atoms with van der Waals surface area (Å²) in [6.07, 6.45) is 0.222. The number of thiophene rings is 1. The van der Waals surface area contributed by atoms with Crippen molar-refractivity contribution in [1.29, 1.82) is 0 Å². The average Bonchev–Trinajstić information content (AvgIpc) is 2.33. The lowest BCUT2D eigenvalue weighted by atomic mass is 10.1. The maximum atomic E-state index is 12.7. The van der Waals surface area contributed by atoms with Gasteiger partial charge in [-0.2, -0.15) is 0 Å². The van der Waals surface area contributed by atoms with Crippen molar-refractivity contribution in [3.63, 3.8) is 0 Å². The molecule has 0 aliphatic heterocycles. The molecule has 0 aromatic carbocycles. The summed E-state index contributed by atoms with van der Waals surface area (Å²) in [5.41, 5.74) is 5.33. The number of halogens is 3. The maximum Gasteiger partial charge on any atom is 0.260 e. The standard InChI is InChI=1S/C8H10BrF2NS/c1-8(10,11)7(12)3-6-2-5(9)4-13-6/h2,4,7H,3,12H2,1H3. The molecule has 2 N–H and O–H groups in total. The molecule has 0 radical (unpaired) electrons. The molecule has 13 heavy (non-hydrogen) atoms. The van der Waals surface area contributed by atoms with Crippen LogP contribution in [0.5, 0.6) is 0 Å². The Morgan fingerprint density at radius 2 is 2.31 bits per heavy atom. The van der Waals surface area contributed by atoms with Gasteiger partial charge < -0.3 is 5.73 Å². The van der Waals surface area contributed by atoms with Gasteiger partial charge in [-0.3, -0.25) is 0 Å². The topological polar surface area (TPSA) is 26.0 Å². The number of rotatable bonds is 3. The van der Waals surface area contributed by atoms with Crippen molar-refractivity contribution >= 4 is 27.3 Å². The molecule has 1 heterocycles. The fraction of sp³-hybridized carbons (Fsp3) is 0.500. The van der Waals surface area contributed by atoms with Crippen molar-refractivity contribution in [2.75, 3.05) is 0 Å². The van der Waals surface area contributed by atoms with Crippen LogP contribution in [0.1, 0.15) is 11.8 Å². The molecule has 0 aliphatic rings. The lowest BCUT2D eigenvalue weighted by Gasteiger charge is -2.17. The molecule has 1 rings (SSSR count). The fourth-order valence-corrected chi connectivity index (χ4v) is 2.37. The van der Waals surface area contributed by atoms with E-state index in [4.69, 9.17) is 5.73 Å². The molecule has 0 bridgehead atoms. The predicted molar refractivity (Wildman–Crippen MR) is 54.3 cm³/mol. The smallest absolute Gasteiger partial charge is 0.260 e. The van der Waals surface area contributed by atoms with E-state index in [-0.39, 0.29) is 6.42 Å². The van der Waals surface area contributed by atoms with Gasteiger partial charge in [-0.1, -0.05) is 0 Å². The largest absolute Gasteiger partial charge is 0.322 e. The highest BCUT2D eigenvalue weighted by atomic mass is 79.9. The Bertz CT molecular complexity index is 282. The Morgan fingerprint density at radius 3 is 2.69 bits per heavy atom. The highest BCUT2D eigenvalue weighted by Gasteiger charge is 2.30. The second-order valence-electron chi connectivity index (χ2n) is 3.00. The molecular formula is C8H10BrF2NS. The van der Waals surface area contributed by atoms with Gasteiger partial charge in [0.15, 0.2) is 0 Å². The zero-order valence-electron chi connectivity index (χ0n) is 7.06. The van der Waals surface area contributed by atoms with Crippen LogP contribution in [0.2, 0.25) is 0 Å². The van der Waals surface area contributed by atoms with E-state index in [1.54, 1.807) is 0 Å². The highest BCUT2D eigenvalue weighted by Crippen LogP contribution is 2.24. The molecule has 0 fully saturated rings. The monoisotopic (exact) mass is 269 g/mol. The zero-order valence-corrected chi connectivity index (χ0v) is 9.46. The highest BCUT2D eigenvalue weighted by molar-refractivity contribution is 9.10. The van der Waals surface area contributed by atoms with E-state index < -0.39 is 12.0 Å². The molecule has 0 amide bonds. The summed E-state index contributed by atoms with van der Waals surface area (Å²) in [4.78, 5) is 0.876. The first-order valence-corrected chi connectivity index (χ1v) is 5.43. The minimum absolute atomic E-state index is 0.222. The van der Waals surface area contributed by atoms with Crippen LogP contribution in [0.4, 0.5) is 8.78 Å². The van der Waals surface area contributed by atoms with Crippen LogP contribution >= 0.6 is 27.3 Å². The first-order chi connectivity index (χ1) is 5.89. The third-order valence-electron chi connectivity index (χ3n) is 1.69. The minimum Gasteiger partial charge on any atom is -0.322 e. The Morgan fingerprint density at radius 1 is 1.69 bits per heavy atom. The first kappa shape index (κ1) is 11.1. The number of hydrogen-bond acceptors (Lipinski definition) is 2. The van der Waals surface area contributed by atoms with Gasteiger partial charge in [0.05, 0.1) is 6.04 Å². The lowest BCUT2D eigenvalue weighted by molar-refractivity contribution is -0.00490. The predicted octanol–water partition coefficient (Wildman–Crippen LogP) is 3.04. The van der Waals surface area contributed by atoms with Gasteiger partial charge in [-0.25, -0.2) is 8.78 Å². The van der Waals surface area contributed by atoms with Crippen molar-refractivity contribution in [1.82, 2.24) is 0 Å². The van der Waals surface area contributed by atoms with Gasteiger partial charge in [0.2, 0.25) is 0 Å². The normalized spacial score (nSPS) is 14.5. The van der Waals surface area contributed by atoms with Crippen LogP contribution in [0.3, 0.4) is 0 Å². The summed E-state index contributed by atoms with van der Waals surface area (Å²) < 4.78 is 26.3. The maximum absolute atomic E-state index is 12.7. The van der Waals surface area contributed by atoms with Crippen molar-refractivity contribution in [2.24, 2.45) is 5.73 Å². The van der Waals surface area contributed by atoms with Gasteiger partial charge in [-0.15, -0.1) is 11.3 Å². The summed E-state index contributed by atoms with van der Waals surface area (Å²) in [5, 5.41) is 1.86. The van der Waals surface area contributed by atoms with E-state index in [1.807, 2.05) is 11.4 Å². The molecule has 1 aromatic rings. The van der Waals surface area contributed by atoms with E-state index >= 15 is 0 Å². The molecule has 1 aromatic heterocycles. The molecule has 0 aliphatic carbocycles. The molecule has 74 valence electrons. The first-order valence-electron chi connectivity index (χ1n) is 3.76. The van der Waals surface area contributed by atoms with Crippen LogP contribution in [0.15, 0.2) is 15.9 Å². The molecule has 0 spiro atoms. The molecule has 0 saturated carbocycles. The minimum atomic E-state index is -2.81. The van der Waals surface area contributed by atoms with Crippen LogP contribution in [-0.4, -0.2) is 12.0 Å².